The largest absolute Gasteiger partial charge is 0.459 e. The van der Waals surface area contributed by atoms with Crippen LogP contribution in [-0.2, 0) is 14.2 Å². The molecule has 0 saturated carbocycles. The molecule has 2 aromatic carbocycles. The average Bonchev–Trinajstić information content (AvgIpc) is 2.98. The number of rotatable bonds is 5. The van der Waals surface area contributed by atoms with Gasteiger partial charge in [0.2, 0.25) is 0 Å². The lowest BCUT2D eigenvalue weighted by atomic mass is 9.92. The topological polar surface area (TPSA) is 82.1 Å². The van der Waals surface area contributed by atoms with Crippen molar-refractivity contribution in [3.8, 4) is 12.3 Å². The van der Waals surface area contributed by atoms with Crippen molar-refractivity contribution in [3.63, 3.8) is 0 Å². The van der Waals surface area contributed by atoms with E-state index in [0.717, 1.165) is 0 Å². The lowest BCUT2D eigenvalue weighted by molar-refractivity contribution is -0.0511. The Balaban J connectivity index is 1.74. The Morgan fingerprint density at radius 3 is 2.14 bits per heavy atom. The zero-order valence-corrected chi connectivity index (χ0v) is 15.3. The molecular weight excluding hydrogens is 360 g/mol. The van der Waals surface area contributed by atoms with Gasteiger partial charge >= 0.3 is 11.9 Å². The zero-order chi connectivity index (χ0) is 20.1. The van der Waals surface area contributed by atoms with Crippen molar-refractivity contribution in [2.45, 2.75) is 30.8 Å². The van der Waals surface area contributed by atoms with E-state index >= 15 is 0 Å². The SMILES string of the molecule is C#C[C@]1(O)C(C)O[C@H](COC(=O)c2ccccc2)[C@H]1OC(=O)c1ccccc1. The maximum Gasteiger partial charge on any atom is 0.338 e. The summed E-state index contributed by atoms with van der Waals surface area (Å²) in [5, 5.41) is 10.8. The van der Waals surface area contributed by atoms with Crippen LogP contribution in [0.2, 0.25) is 0 Å². The van der Waals surface area contributed by atoms with Crippen molar-refractivity contribution < 1.29 is 28.9 Å². The van der Waals surface area contributed by atoms with Gasteiger partial charge in [-0.3, -0.25) is 0 Å². The minimum absolute atomic E-state index is 0.227. The molecule has 144 valence electrons. The number of benzene rings is 2. The summed E-state index contributed by atoms with van der Waals surface area (Å²) in [6.07, 6.45) is 2.58. The molecule has 6 heteroatoms. The van der Waals surface area contributed by atoms with E-state index in [1.54, 1.807) is 67.6 Å². The molecule has 2 aromatic rings. The summed E-state index contributed by atoms with van der Waals surface area (Å²) in [6, 6.07) is 16.8. The first-order valence-electron chi connectivity index (χ1n) is 8.79. The van der Waals surface area contributed by atoms with Gasteiger partial charge in [0.25, 0.3) is 0 Å². The Morgan fingerprint density at radius 2 is 1.61 bits per heavy atom. The van der Waals surface area contributed by atoms with Crippen LogP contribution in [0.5, 0.6) is 0 Å². The average molecular weight is 380 g/mol. The molecule has 4 atom stereocenters. The Kier molecular flexibility index (Phi) is 5.78. The number of aliphatic hydroxyl groups is 1. The maximum absolute atomic E-state index is 12.5. The second-order valence-corrected chi connectivity index (χ2v) is 6.44. The van der Waals surface area contributed by atoms with E-state index in [0.29, 0.717) is 11.1 Å². The molecule has 1 aliphatic rings. The molecule has 1 unspecified atom stereocenters. The molecule has 0 amide bonds. The molecule has 1 N–H and O–H groups in total. The number of carbonyl (C=O) groups is 2. The van der Waals surface area contributed by atoms with Gasteiger partial charge in [-0.2, -0.15) is 0 Å². The van der Waals surface area contributed by atoms with E-state index < -0.39 is 35.9 Å². The lowest BCUT2D eigenvalue weighted by Crippen LogP contribution is -2.49. The maximum atomic E-state index is 12.5. The fourth-order valence-corrected chi connectivity index (χ4v) is 3.02. The van der Waals surface area contributed by atoms with E-state index in [-0.39, 0.29) is 6.61 Å². The van der Waals surface area contributed by atoms with E-state index in [1.807, 2.05) is 0 Å². The molecule has 0 spiro atoms. The van der Waals surface area contributed by atoms with E-state index in [4.69, 9.17) is 20.6 Å². The third-order valence-corrected chi connectivity index (χ3v) is 4.63. The van der Waals surface area contributed by atoms with Gasteiger partial charge in [0.15, 0.2) is 11.7 Å². The third kappa shape index (κ3) is 3.91. The minimum Gasteiger partial charge on any atom is -0.459 e. The van der Waals surface area contributed by atoms with Crippen LogP contribution in [0.15, 0.2) is 60.7 Å². The first kappa shape index (κ1) is 19.6. The molecule has 0 aliphatic carbocycles. The van der Waals surface area contributed by atoms with Crippen molar-refractivity contribution in [2.24, 2.45) is 0 Å². The highest BCUT2D eigenvalue weighted by molar-refractivity contribution is 5.90. The standard InChI is InChI=1S/C22H20O6/c1-3-22(25)15(2)27-18(14-26-20(23)16-10-6-4-7-11-16)19(22)28-21(24)17-12-8-5-9-13-17/h1,4-13,15,18-19,25H,14H2,2H3/t15?,18-,19-,22+/m1/s1. The second-order valence-electron chi connectivity index (χ2n) is 6.44. The van der Waals surface area contributed by atoms with E-state index in [9.17, 15) is 14.7 Å². The van der Waals surface area contributed by atoms with Crippen molar-refractivity contribution in [1.29, 1.82) is 0 Å². The summed E-state index contributed by atoms with van der Waals surface area (Å²) in [7, 11) is 0. The number of esters is 2. The molecule has 1 heterocycles. The van der Waals surface area contributed by atoms with Crippen LogP contribution in [0.4, 0.5) is 0 Å². The predicted molar refractivity (Wildman–Crippen MR) is 100 cm³/mol. The molecule has 1 saturated heterocycles. The van der Waals surface area contributed by atoms with Crippen LogP contribution in [0.25, 0.3) is 0 Å². The predicted octanol–water partition coefficient (Wildman–Crippen LogP) is 2.22. The lowest BCUT2D eigenvalue weighted by Gasteiger charge is -2.27. The molecule has 0 radical (unpaired) electrons. The molecule has 0 bridgehead atoms. The van der Waals surface area contributed by atoms with Gasteiger partial charge in [-0.15, -0.1) is 6.42 Å². The first-order chi connectivity index (χ1) is 13.5. The van der Waals surface area contributed by atoms with Crippen LogP contribution in [-0.4, -0.2) is 47.6 Å². The Morgan fingerprint density at radius 1 is 1.07 bits per heavy atom. The quantitative estimate of drug-likeness (QED) is 0.633. The fraction of sp³-hybridized carbons (Fsp3) is 0.273. The van der Waals surface area contributed by atoms with Gasteiger partial charge in [-0.25, -0.2) is 9.59 Å². The first-order valence-corrected chi connectivity index (χ1v) is 8.79. The molecule has 28 heavy (non-hydrogen) atoms. The van der Waals surface area contributed by atoms with Crippen molar-refractivity contribution in [3.05, 3.63) is 71.8 Å². The van der Waals surface area contributed by atoms with Crippen molar-refractivity contribution in [2.75, 3.05) is 6.61 Å². The summed E-state index contributed by atoms with van der Waals surface area (Å²) < 4.78 is 16.4. The fourth-order valence-electron chi connectivity index (χ4n) is 3.02. The summed E-state index contributed by atoms with van der Waals surface area (Å²) in [5.74, 6) is 1.05. The van der Waals surface area contributed by atoms with E-state index in [2.05, 4.69) is 5.92 Å². The molecule has 6 nitrogen and oxygen atoms in total. The minimum atomic E-state index is -1.84. The summed E-state index contributed by atoms with van der Waals surface area (Å²) in [5.41, 5.74) is -1.16. The Labute approximate surface area is 163 Å². The molecule has 1 aliphatic heterocycles. The van der Waals surface area contributed by atoms with E-state index in [1.165, 1.54) is 0 Å². The smallest absolute Gasteiger partial charge is 0.338 e. The van der Waals surface area contributed by atoms with Crippen molar-refractivity contribution in [1.82, 2.24) is 0 Å². The molecule has 3 rings (SSSR count). The highest BCUT2D eigenvalue weighted by Crippen LogP contribution is 2.34. The normalized spacial score (nSPS) is 26.2. The molecule has 0 aromatic heterocycles. The number of carbonyl (C=O) groups excluding carboxylic acids is 2. The number of hydrogen-bond donors (Lipinski definition) is 1. The summed E-state index contributed by atoms with van der Waals surface area (Å²) >= 11 is 0. The summed E-state index contributed by atoms with van der Waals surface area (Å²) in [6.45, 7) is 1.34. The van der Waals surface area contributed by atoms with Gasteiger partial charge < -0.3 is 19.3 Å². The third-order valence-electron chi connectivity index (χ3n) is 4.63. The van der Waals surface area contributed by atoms with Crippen LogP contribution in [0.1, 0.15) is 27.6 Å². The van der Waals surface area contributed by atoms with Gasteiger partial charge in [0.05, 0.1) is 17.2 Å². The van der Waals surface area contributed by atoms with Gasteiger partial charge in [-0.05, 0) is 31.2 Å². The zero-order valence-electron chi connectivity index (χ0n) is 15.3. The monoisotopic (exact) mass is 380 g/mol. The van der Waals surface area contributed by atoms with Crippen LogP contribution >= 0.6 is 0 Å². The summed E-state index contributed by atoms with van der Waals surface area (Å²) in [4.78, 5) is 24.6. The number of terminal acetylenes is 1. The van der Waals surface area contributed by atoms with Gasteiger partial charge in [0, 0.05) is 0 Å². The molecule has 1 fully saturated rings. The van der Waals surface area contributed by atoms with Crippen molar-refractivity contribution >= 4 is 11.9 Å². The second kappa shape index (κ2) is 8.26. The van der Waals surface area contributed by atoms with Crippen LogP contribution in [0, 0.1) is 12.3 Å². The molecular formula is C22H20O6. The van der Waals surface area contributed by atoms with Gasteiger partial charge in [0.1, 0.15) is 12.7 Å². The number of ether oxygens (including phenoxy) is 3. The number of hydrogen-bond acceptors (Lipinski definition) is 6. The van der Waals surface area contributed by atoms with Gasteiger partial charge in [-0.1, -0.05) is 42.3 Å². The highest BCUT2D eigenvalue weighted by Gasteiger charge is 2.56. The van der Waals surface area contributed by atoms with Crippen LogP contribution < -0.4 is 0 Å². The highest BCUT2D eigenvalue weighted by atomic mass is 16.6. The Hall–Kier alpha value is -3.14. The van der Waals surface area contributed by atoms with Crippen LogP contribution in [0.3, 0.4) is 0 Å². The Bertz CT molecular complexity index is 873.